The average Bonchev–Trinajstić information content (AvgIpc) is 2.67. The van der Waals surface area contributed by atoms with Crippen LogP contribution in [0.2, 0.25) is 0 Å². The normalized spacial score (nSPS) is 17.7. The first-order chi connectivity index (χ1) is 11.5. The highest BCUT2D eigenvalue weighted by molar-refractivity contribution is 7.85. The van der Waals surface area contributed by atoms with Gasteiger partial charge < -0.3 is 10.0 Å². The van der Waals surface area contributed by atoms with E-state index in [2.05, 4.69) is 25.1 Å². The second-order valence-electron chi connectivity index (χ2n) is 6.46. The number of rotatable bonds is 4. The van der Waals surface area contributed by atoms with Crippen LogP contribution in [0.15, 0.2) is 59.0 Å². The van der Waals surface area contributed by atoms with Crippen LogP contribution < -0.4 is 0 Å². The van der Waals surface area contributed by atoms with Crippen LogP contribution in [0.3, 0.4) is 0 Å². The van der Waals surface area contributed by atoms with Crippen molar-refractivity contribution in [2.24, 2.45) is 0 Å². The second kappa shape index (κ2) is 7.32. The van der Waals surface area contributed by atoms with Gasteiger partial charge in [-0.3, -0.25) is 4.21 Å². The topological polar surface area (TPSA) is 40.5 Å². The first-order valence-electron chi connectivity index (χ1n) is 8.16. The average molecular weight is 341 g/mol. The summed E-state index contributed by atoms with van der Waals surface area (Å²) in [4.78, 5) is 3.09. The van der Waals surface area contributed by atoms with Gasteiger partial charge in [-0.05, 0) is 61.8 Å². The van der Waals surface area contributed by atoms with Gasteiger partial charge in [-0.1, -0.05) is 35.9 Å². The summed E-state index contributed by atoms with van der Waals surface area (Å²) in [6, 6.07) is 15.4. The standard InChI is InChI=1S/C20H23NO2S/c1-21(2)14-16-10-11-24(23)20-9-4-3-8-18(20)19(16)13-15-6-5-7-17(22)12-15/h3-9,12,22H,10-11,13-14H2,1-2H3. The van der Waals surface area contributed by atoms with Crippen molar-refractivity contribution < 1.29 is 9.32 Å². The van der Waals surface area contributed by atoms with E-state index >= 15 is 0 Å². The third-order valence-corrected chi connectivity index (χ3v) is 5.69. The lowest BCUT2D eigenvalue weighted by molar-refractivity contribution is 0.441. The van der Waals surface area contributed by atoms with E-state index in [1.165, 1.54) is 11.1 Å². The van der Waals surface area contributed by atoms with Gasteiger partial charge in [0.1, 0.15) is 5.75 Å². The number of benzene rings is 2. The molecular formula is C20H23NO2S. The zero-order valence-corrected chi connectivity index (χ0v) is 15.0. The lowest BCUT2D eigenvalue weighted by Crippen LogP contribution is -2.17. The molecule has 1 N–H and O–H groups in total. The van der Waals surface area contributed by atoms with Crippen molar-refractivity contribution in [3.05, 3.63) is 65.2 Å². The van der Waals surface area contributed by atoms with Crippen molar-refractivity contribution >= 4 is 16.4 Å². The highest BCUT2D eigenvalue weighted by Crippen LogP contribution is 2.33. The Morgan fingerprint density at radius 2 is 1.92 bits per heavy atom. The van der Waals surface area contributed by atoms with Crippen molar-refractivity contribution in [2.45, 2.75) is 17.7 Å². The van der Waals surface area contributed by atoms with Crippen LogP contribution in [0.4, 0.5) is 0 Å². The number of hydrogen-bond donors (Lipinski definition) is 1. The maximum absolute atomic E-state index is 12.6. The molecule has 3 nitrogen and oxygen atoms in total. The first-order valence-corrected chi connectivity index (χ1v) is 9.48. The van der Waals surface area contributed by atoms with Crippen LogP contribution in [0.5, 0.6) is 5.75 Å². The van der Waals surface area contributed by atoms with Gasteiger partial charge in [0.15, 0.2) is 0 Å². The van der Waals surface area contributed by atoms with Crippen LogP contribution in [0.25, 0.3) is 5.57 Å². The first kappa shape index (κ1) is 16.9. The Hall–Kier alpha value is -1.91. The number of allylic oxidation sites excluding steroid dienone is 1. The van der Waals surface area contributed by atoms with Crippen molar-refractivity contribution in [1.29, 1.82) is 0 Å². The minimum Gasteiger partial charge on any atom is -0.508 e. The molecule has 0 aliphatic carbocycles. The number of hydrogen-bond acceptors (Lipinski definition) is 3. The SMILES string of the molecule is CN(C)CC1=C(Cc2cccc(O)c2)c2ccccc2S(=O)CC1. The van der Waals surface area contributed by atoms with E-state index < -0.39 is 10.8 Å². The molecule has 0 amide bonds. The van der Waals surface area contributed by atoms with Crippen molar-refractivity contribution in [3.8, 4) is 5.75 Å². The molecule has 0 fully saturated rings. The van der Waals surface area contributed by atoms with Gasteiger partial charge in [-0.2, -0.15) is 0 Å². The Balaban J connectivity index is 2.10. The molecular weight excluding hydrogens is 318 g/mol. The highest BCUT2D eigenvalue weighted by Gasteiger charge is 2.21. The van der Waals surface area contributed by atoms with E-state index in [-0.39, 0.29) is 5.75 Å². The van der Waals surface area contributed by atoms with E-state index in [1.807, 2.05) is 36.4 Å². The molecule has 0 saturated heterocycles. The van der Waals surface area contributed by atoms with E-state index in [4.69, 9.17) is 0 Å². The summed E-state index contributed by atoms with van der Waals surface area (Å²) in [5.74, 6) is 0.955. The predicted octanol–water partition coefficient (Wildman–Crippen LogP) is 3.46. The Labute approximate surface area is 146 Å². The summed E-state index contributed by atoms with van der Waals surface area (Å²) in [6.45, 7) is 0.861. The molecule has 3 rings (SSSR count). The summed E-state index contributed by atoms with van der Waals surface area (Å²) < 4.78 is 12.6. The minimum atomic E-state index is -0.961. The molecule has 1 heterocycles. The van der Waals surface area contributed by atoms with Gasteiger partial charge in [0.25, 0.3) is 0 Å². The minimum absolute atomic E-state index is 0.285. The quantitative estimate of drug-likeness (QED) is 0.926. The maximum Gasteiger partial charge on any atom is 0.115 e. The molecule has 1 aliphatic heterocycles. The number of likely N-dealkylation sites (N-methyl/N-ethyl adjacent to an activating group) is 1. The number of fused-ring (bicyclic) bond motifs is 1. The molecule has 126 valence electrons. The third-order valence-electron chi connectivity index (χ3n) is 4.27. The molecule has 2 aromatic rings. The van der Waals surface area contributed by atoms with E-state index in [9.17, 15) is 9.32 Å². The van der Waals surface area contributed by atoms with Crippen LogP contribution in [-0.4, -0.2) is 40.6 Å². The third kappa shape index (κ3) is 3.77. The lowest BCUT2D eigenvalue weighted by Gasteiger charge is -2.18. The van der Waals surface area contributed by atoms with Gasteiger partial charge >= 0.3 is 0 Å². The van der Waals surface area contributed by atoms with Gasteiger partial charge in [0.05, 0.1) is 10.8 Å². The fraction of sp³-hybridized carbons (Fsp3) is 0.300. The van der Waals surface area contributed by atoms with Gasteiger partial charge in [-0.15, -0.1) is 0 Å². The molecule has 0 saturated carbocycles. The number of phenolic OH excluding ortho intramolecular Hbond substituents is 1. The molecule has 0 spiro atoms. The Bertz CT molecular complexity index is 796. The van der Waals surface area contributed by atoms with E-state index in [0.29, 0.717) is 5.75 Å². The molecule has 0 aromatic heterocycles. The number of phenols is 1. The molecule has 24 heavy (non-hydrogen) atoms. The van der Waals surface area contributed by atoms with E-state index in [1.54, 1.807) is 6.07 Å². The predicted molar refractivity (Wildman–Crippen MR) is 99.6 cm³/mol. The van der Waals surface area contributed by atoms with Crippen molar-refractivity contribution in [2.75, 3.05) is 26.4 Å². The lowest BCUT2D eigenvalue weighted by atomic mass is 9.92. The zero-order chi connectivity index (χ0) is 17.1. The molecule has 1 aliphatic rings. The molecule has 0 bridgehead atoms. The van der Waals surface area contributed by atoms with Crippen LogP contribution in [0.1, 0.15) is 17.5 Å². The summed E-state index contributed by atoms with van der Waals surface area (Å²) >= 11 is 0. The monoisotopic (exact) mass is 341 g/mol. The van der Waals surface area contributed by atoms with Crippen molar-refractivity contribution in [1.82, 2.24) is 4.90 Å². The van der Waals surface area contributed by atoms with E-state index in [0.717, 1.165) is 35.4 Å². The second-order valence-corrected chi connectivity index (χ2v) is 8.00. The van der Waals surface area contributed by atoms with Gasteiger partial charge in [0.2, 0.25) is 0 Å². The van der Waals surface area contributed by atoms with Crippen LogP contribution in [0, 0.1) is 0 Å². The number of nitrogens with zero attached hydrogens (tertiary/aromatic N) is 1. The molecule has 0 radical (unpaired) electrons. The molecule has 1 unspecified atom stereocenters. The molecule has 4 heteroatoms. The van der Waals surface area contributed by atoms with Gasteiger partial charge in [-0.25, -0.2) is 0 Å². The molecule has 1 atom stereocenters. The highest BCUT2D eigenvalue weighted by atomic mass is 32.2. The Morgan fingerprint density at radius 3 is 2.67 bits per heavy atom. The Morgan fingerprint density at radius 1 is 1.12 bits per heavy atom. The van der Waals surface area contributed by atoms with Crippen LogP contribution in [-0.2, 0) is 17.2 Å². The maximum atomic E-state index is 12.6. The summed E-state index contributed by atoms with van der Waals surface area (Å²) in [5, 5.41) is 9.77. The fourth-order valence-corrected chi connectivity index (χ4v) is 4.55. The summed E-state index contributed by atoms with van der Waals surface area (Å²) in [7, 11) is 3.16. The zero-order valence-electron chi connectivity index (χ0n) is 14.2. The van der Waals surface area contributed by atoms with Crippen molar-refractivity contribution in [3.63, 3.8) is 0 Å². The smallest absolute Gasteiger partial charge is 0.115 e. The summed E-state index contributed by atoms with van der Waals surface area (Å²) in [6.07, 6.45) is 1.58. The fourth-order valence-electron chi connectivity index (χ4n) is 3.23. The largest absolute Gasteiger partial charge is 0.508 e. The van der Waals surface area contributed by atoms with Gasteiger partial charge in [0, 0.05) is 17.2 Å². The Kier molecular flexibility index (Phi) is 5.17. The summed E-state index contributed by atoms with van der Waals surface area (Å²) in [5.41, 5.74) is 4.75. The van der Waals surface area contributed by atoms with Crippen LogP contribution >= 0.6 is 0 Å². The molecule has 2 aromatic carbocycles. The number of aromatic hydroxyl groups is 1.